The van der Waals surface area contributed by atoms with Gasteiger partial charge in [0.2, 0.25) is 0 Å². The van der Waals surface area contributed by atoms with Crippen LogP contribution in [0.15, 0.2) is 36.4 Å². The lowest BCUT2D eigenvalue weighted by Crippen LogP contribution is -2.34. The van der Waals surface area contributed by atoms with Crippen molar-refractivity contribution in [2.24, 2.45) is 0 Å². The largest absolute Gasteiger partial charge is 0.405 e. The third-order valence-corrected chi connectivity index (χ3v) is 4.34. The van der Waals surface area contributed by atoms with Gasteiger partial charge in [-0.15, -0.1) is 10.1 Å². The fraction of sp³-hybridized carbons (Fsp3) is 0.263. The fourth-order valence-electron chi connectivity index (χ4n) is 3.18. The molecule has 2 aliphatic heterocycles. The Kier molecular flexibility index (Phi) is 3.78. The predicted octanol–water partition coefficient (Wildman–Crippen LogP) is 2.12. The zero-order valence-electron chi connectivity index (χ0n) is 14.1. The van der Waals surface area contributed by atoms with E-state index in [2.05, 4.69) is 0 Å². The Balaban J connectivity index is 1.61. The molecule has 0 bridgehead atoms. The van der Waals surface area contributed by atoms with E-state index in [0.29, 0.717) is 29.0 Å². The third-order valence-electron chi connectivity index (χ3n) is 4.34. The average Bonchev–Trinajstić information content (AvgIpc) is 2.53. The number of likely N-dealkylation sites (N-methyl/N-ethyl adjacent to an activating group) is 2. The number of ketones is 2. The van der Waals surface area contributed by atoms with Crippen LogP contribution in [0, 0.1) is 0 Å². The first kappa shape index (κ1) is 15.8. The van der Waals surface area contributed by atoms with Crippen LogP contribution in [0.25, 0.3) is 0 Å². The number of rotatable bonds is 2. The SMILES string of the molecule is CN1CC(=O)c2ccc(Cc3ccc4c(c3)ON(C)CC4=O)cc2O1. The van der Waals surface area contributed by atoms with E-state index in [1.165, 1.54) is 10.1 Å². The number of nitrogens with zero attached hydrogens (tertiary/aromatic N) is 2. The third kappa shape index (κ3) is 3.01. The Morgan fingerprint density at radius 3 is 1.68 bits per heavy atom. The average molecular weight is 338 g/mol. The highest BCUT2D eigenvalue weighted by molar-refractivity contribution is 6.01. The summed E-state index contributed by atoms with van der Waals surface area (Å²) >= 11 is 0. The van der Waals surface area contributed by atoms with Gasteiger partial charge in [-0.1, -0.05) is 12.1 Å². The van der Waals surface area contributed by atoms with Crippen LogP contribution in [0.1, 0.15) is 31.8 Å². The molecule has 0 aliphatic carbocycles. The molecule has 0 radical (unpaired) electrons. The molecule has 128 valence electrons. The summed E-state index contributed by atoms with van der Waals surface area (Å²) in [4.78, 5) is 35.3. The fourth-order valence-corrected chi connectivity index (χ4v) is 3.18. The minimum atomic E-state index is 0.0547. The molecule has 0 saturated carbocycles. The monoisotopic (exact) mass is 338 g/mol. The van der Waals surface area contributed by atoms with Gasteiger partial charge in [0.05, 0.1) is 24.2 Å². The Hall–Kier alpha value is -2.70. The van der Waals surface area contributed by atoms with Gasteiger partial charge in [0.1, 0.15) is 0 Å². The van der Waals surface area contributed by atoms with Gasteiger partial charge in [0.15, 0.2) is 23.1 Å². The standard InChI is InChI=1S/C19H18N2O4/c1-20-10-16(22)14-5-3-12(8-18(14)24-20)7-13-4-6-15-17(23)11-21(2)25-19(15)9-13/h3-6,8-9H,7,10-11H2,1-2H3. The Labute approximate surface area is 145 Å². The quantitative estimate of drug-likeness (QED) is 0.836. The minimum Gasteiger partial charge on any atom is -0.405 e. The van der Waals surface area contributed by atoms with Crippen LogP contribution < -0.4 is 9.68 Å². The molecule has 0 atom stereocenters. The molecule has 2 aromatic carbocycles. The highest BCUT2D eigenvalue weighted by Crippen LogP contribution is 2.29. The summed E-state index contributed by atoms with van der Waals surface area (Å²) in [7, 11) is 3.48. The van der Waals surface area contributed by atoms with Crippen LogP contribution in [0.4, 0.5) is 0 Å². The first-order chi connectivity index (χ1) is 12.0. The molecule has 25 heavy (non-hydrogen) atoms. The molecule has 2 aliphatic rings. The zero-order chi connectivity index (χ0) is 17.6. The molecule has 0 amide bonds. The van der Waals surface area contributed by atoms with E-state index in [9.17, 15) is 9.59 Å². The van der Waals surface area contributed by atoms with E-state index >= 15 is 0 Å². The summed E-state index contributed by atoms with van der Waals surface area (Å²) in [5.41, 5.74) is 3.28. The van der Waals surface area contributed by atoms with Crippen LogP contribution in [0.2, 0.25) is 0 Å². The Morgan fingerprint density at radius 1 is 0.800 bits per heavy atom. The van der Waals surface area contributed by atoms with Gasteiger partial charge in [-0.3, -0.25) is 9.59 Å². The molecule has 2 aromatic rings. The van der Waals surface area contributed by atoms with Crippen molar-refractivity contribution in [2.45, 2.75) is 6.42 Å². The molecule has 6 nitrogen and oxygen atoms in total. The smallest absolute Gasteiger partial charge is 0.184 e. The van der Waals surface area contributed by atoms with Crippen LogP contribution in [-0.2, 0) is 6.42 Å². The van der Waals surface area contributed by atoms with Crippen LogP contribution in [0.5, 0.6) is 11.5 Å². The topological polar surface area (TPSA) is 59.1 Å². The summed E-state index contributed by atoms with van der Waals surface area (Å²) < 4.78 is 0. The van der Waals surface area contributed by atoms with E-state index in [0.717, 1.165) is 11.1 Å². The number of hydroxylamine groups is 4. The molecule has 4 rings (SSSR count). The lowest BCUT2D eigenvalue weighted by atomic mass is 9.98. The molecule has 0 fully saturated rings. The van der Waals surface area contributed by atoms with Gasteiger partial charge in [0.25, 0.3) is 0 Å². The maximum atomic E-state index is 12.0. The highest BCUT2D eigenvalue weighted by atomic mass is 16.7. The molecular formula is C19H18N2O4. The number of hydrogen-bond acceptors (Lipinski definition) is 6. The molecular weight excluding hydrogens is 320 g/mol. The number of hydrogen-bond donors (Lipinski definition) is 0. The molecule has 0 spiro atoms. The van der Waals surface area contributed by atoms with E-state index in [1.54, 1.807) is 14.1 Å². The van der Waals surface area contributed by atoms with Gasteiger partial charge in [-0.25, -0.2) is 0 Å². The number of fused-ring (bicyclic) bond motifs is 2. The maximum Gasteiger partial charge on any atom is 0.184 e. The van der Waals surface area contributed by atoms with E-state index in [1.807, 2.05) is 36.4 Å². The minimum absolute atomic E-state index is 0.0547. The van der Waals surface area contributed by atoms with Gasteiger partial charge in [0, 0.05) is 14.1 Å². The molecule has 6 heteroatoms. The summed E-state index contributed by atoms with van der Waals surface area (Å²) in [6.45, 7) is 0.520. The molecule has 0 N–H and O–H groups in total. The Morgan fingerprint density at radius 2 is 1.24 bits per heavy atom. The first-order valence-corrected chi connectivity index (χ1v) is 8.10. The van der Waals surface area contributed by atoms with E-state index < -0.39 is 0 Å². The second-order valence-electron chi connectivity index (χ2n) is 6.44. The van der Waals surface area contributed by atoms with Crippen molar-refractivity contribution in [3.05, 3.63) is 58.7 Å². The molecule has 0 saturated heterocycles. The van der Waals surface area contributed by atoms with Gasteiger partial charge in [-0.2, -0.15) is 0 Å². The molecule has 2 heterocycles. The van der Waals surface area contributed by atoms with Crippen LogP contribution >= 0.6 is 0 Å². The number of carbonyl (C=O) groups is 2. The predicted molar refractivity (Wildman–Crippen MR) is 90.9 cm³/mol. The lowest BCUT2D eigenvalue weighted by Gasteiger charge is -2.25. The van der Waals surface area contributed by atoms with Crippen LogP contribution in [0.3, 0.4) is 0 Å². The Bertz CT molecular complexity index is 806. The van der Waals surface area contributed by atoms with Crippen LogP contribution in [-0.4, -0.2) is 48.9 Å². The number of Topliss-reactive ketones (excluding diaryl/α,β-unsaturated/α-hetero) is 2. The zero-order valence-corrected chi connectivity index (χ0v) is 14.1. The molecule has 0 unspecified atom stereocenters. The van der Waals surface area contributed by atoms with E-state index in [4.69, 9.17) is 9.68 Å². The summed E-state index contributed by atoms with van der Waals surface area (Å²) in [6.07, 6.45) is 0.656. The van der Waals surface area contributed by atoms with Gasteiger partial charge in [-0.05, 0) is 41.8 Å². The molecule has 0 aromatic heterocycles. The van der Waals surface area contributed by atoms with Crippen molar-refractivity contribution in [2.75, 3.05) is 27.2 Å². The van der Waals surface area contributed by atoms with Gasteiger partial charge >= 0.3 is 0 Å². The highest BCUT2D eigenvalue weighted by Gasteiger charge is 2.24. The second-order valence-corrected chi connectivity index (χ2v) is 6.44. The maximum absolute atomic E-state index is 12.0. The second kappa shape index (κ2) is 5.98. The number of benzene rings is 2. The summed E-state index contributed by atoms with van der Waals surface area (Å²) in [6, 6.07) is 11.3. The normalized spacial score (nSPS) is 17.5. The first-order valence-electron chi connectivity index (χ1n) is 8.10. The lowest BCUT2D eigenvalue weighted by molar-refractivity contribution is -0.0335. The summed E-state index contributed by atoms with van der Waals surface area (Å²) in [5, 5.41) is 3.06. The van der Waals surface area contributed by atoms with Crippen molar-refractivity contribution in [1.82, 2.24) is 10.1 Å². The van der Waals surface area contributed by atoms with Gasteiger partial charge < -0.3 is 9.68 Å². The summed E-state index contributed by atoms with van der Waals surface area (Å²) in [5.74, 6) is 1.28. The van der Waals surface area contributed by atoms with Crippen molar-refractivity contribution >= 4 is 11.6 Å². The van der Waals surface area contributed by atoms with Crippen molar-refractivity contribution < 1.29 is 19.3 Å². The van der Waals surface area contributed by atoms with Crippen molar-refractivity contribution in [3.8, 4) is 11.5 Å². The van der Waals surface area contributed by atoms with Crippen molar-refractivity contribution in [3.63, 3.8) is 0 Å². The van der Waals surface area contributed by atoms with E-state index in [-0.39, 0.29) is 24.7 Å². The number of carbonyl (C=O) groups excluding carboxylic acids is 2. The van der Waals surface area contributed by atoms with Crippen molar-refractivity contribution in [1.29, 1.82) is 0 Å².